The molecule has 2 unspecified atom stereocenters. The van der Waals surface area contributed by atoms with Crippen LogP contribution in [-0.4, -0.2) is 26.8 Å². The normalized spacial score (nSPS) is 26.9. The maximum absolute atomic E-state index is 5.88. The van der Waals surface area contributed by atoms with Crippen LogP contribution in [0.25, 0.3) is 0 Å². The standard InChI is InChI=1S/C17H27NOSi/c1-20(2,3)15-8-4-13(5-9-15)12-18-16-10-11-19-17(16)14-6-7-14/h4-5,8-9,14,16-18H,6-7,10-12H2,1-3H3. The predicted octanol–water partition coefficient (Wildman–Crippen LogP) is 2.89. The van der Waals surface area contributed by atoms with Gasteiger partial charge in [-0.25, -0.2) is 0 Å². The summed E-state index contributed by atoms with van der Waals surface area (Å²) in [7, 11) is -1.16. The van der Waals surface area contributed by atoms with Crippen LogP contribution in [0, 0.1) is 5.92 Å². The van der Waals surface area contributed by atoms with Gasteiger partial charge in [-0.15, -0.1) is 0 Å². The molecular weight excluding hydrogens is 262 g/mol. The fourth-order valence-electron chi connectivity index (χ4n) is 3.09. The number of rotatable bonds is 5. The van der Waals surface area contributed by atoms with Gasteiger partial charge in [-0.1, -0.05) is 49.1 Å². The summed E-state index contributed by atoms with van der Waals surface area (Å²) < 4.78 is 5.88. The molecule has 1 aliphatic carbocycles. The topological polar surface area (TPSA) is 21.3 Å². The van der Waals surface area contributed by atoms with Crippen molar-refractivity contribution in [2.45, 2.75) is 57.6 Å². The average molecular weight is 289 g/mol. The van der Waals surface area contributed by atoms with E-state index in [0.29, 0.717) is 12.1 Å². The van der Waals surface area contributed by atoms with Gasteiger partial charge in [0.2, 0.25) is 0 Å². The third kappa shape index (κ3) is 3.33. The van der Waals surface area contributed by atoms with E-state index in [2.05, 4.69) is 49.2 Å². The molecule has 2 atom stereocenters. The van der Waals surface area contributed by atoms with Gasteiger partial charge >= 0.3 is 0 Å². The molecule has 0 amide bonds. The Bertz CT molecular complexity index is 447. The van der Waals surface area contributed by atoms with E-state index in [-0.39, 0.29) is 0 Å². The van der Waals surface area contributed by atoms with Crippen molar-refractivity contribution in [3.05, 3.63) is 29.8 Å². The number of ether oxygens (including phenoxy) is 1. The summed E-state index contributed by atoms with van der Waals surface area (Å²) in [6, 6.07) is 9.81. The van der Waals surface area contributed by atoms with Gasteiger partial charge in [-0.2, -0.15) is 0 Å². The molecule has 1 aromatic carbocycles. The van der Waals surface area contributed by atoms with Gasteiger partial charge in [0.1, 0.15) is 0 Å². The molecule has 3 heteroatoms. The molecule has 20 heavy (non-hydrogen) atoms. The van der Waals surface area contributed by atoms with Crippen molar-refractivity contribution in [2.75, 3.05) is 6.61 Å². The summed E-state index contributed by atoms with van der Waals surface area (Å²) in [5.74, 6) is 0.837. The second-order valence-electron chi connectivity index (χ2n) is 7.40. The molecule has 1 N–H and O–H groups in total. The number of benzene rings is 1. The van der Waals surface area contributed by atoms with Crippen LogP contribution < -0.4 is 10.5 Å². The fraction of sp³-hybridized carbons (Fsp3) is 0.647. The molecule has 0 aromatic heterocycles. The quantitative estimate of drug-likeness (QED) is 0.842. The second-order valence-corrected chi connectivity index (χ2v) is 12.5. The van der Waals surface area contributed by atoms with E-state index in [1.165, 1.54) is 24.8 Å². The molecule has 2 nitrogen and oxygen atoms in total. The highest BCUT2D eigenvalue weighted by atomic mass is 28.3. The highest BCUT2D eigenvalue weighted by Crippen LogP contribution is 2.38. The molecular formula is C17H27NOSi. The van der Waals surface area contributed by atoms with Crippen molar-refractivity contribution in [1.29, 1.82) is 0 Å². The van der Waals surface area contributed by atoms with Crippen molar-refractivity contribution < 1.29 is 4.74 Å². The van der Waals surface area contributed by atoms with Crippen molar-refractivity contribution >= 4 is 13.3 Å². The van der Waals surface area contributed by atoms with Crippen LogP contribution in [0.1, 0.15) is 24.8 Å². The molecule has 0 spiro atoms. The van der Waals surface area contributed by atoms with Crippen molar-refractivity contribution in [2.24, 2.45) is 5.92 Å². The molecule has 1 saturated carbocycles. The highest BCUT2D eigenvalue weighted by molar-refractivity contribution is 6.88. The second kappa shape index (κ2) is 5.62. The lowest BCUT2D eigenvalue weighted by Crippen LogP contribution is -2.38. The number of hydrogen-bond donors (Lipinski definition) is 1. The van der Waals surface area contributed by atoms with Crippen molar-refractivity contribution in [3.8, 4) is 0 Å². The third-order valence-electron chi connectivity index (χ3n) is 4.61. The Morgan fingerprint density at radius 3 is 2.40 bits per heavy atom. The molecule has 1 aromatic rings. The minimum Gasteiger partial charge on any atom is -0.376 e. The summed E-state index contributed by atoms with van der Waals surface area (Å²) in [4.78, 5) is 0. The monoisotopic (exact) mass is 289 g/mol. The van der Waals surface area contributed by atoms with Crippen molar-refractivity contribution in [3.63, 3.8) is 0 Å². The zero-order chi connectivity index (χ0) is 14.2. The van der Waals surface area contributed by atoms with Crippen LogP contribution >= 0.6 is 0 Å². The zero-order valence-electron chi connectivity index (χ0n) is 13.0. The Balaban J connectivity index is 1.55. The highest BCUT2D eigenvalue weighted by Gasteiger charge is 2.40. The summed E-state index contributed by atoms with van der Waals surface area (Å²) in [5.41, 5.74) is 1.40. The van der Waals surface area contributed by atoms with Gasteiger partial charge in [0, 0.05) is 19.2 Å². The molecule has 1 heterocycles. The first kappa shape index (κ1) is 14.3. The summed E-state index contributed by atoms with van der Waals surface area (Å²) in [6.45, 7) is 9.11. The van der Waals surface area contributed by atoms with Gasteiger partial charge in [0.25, 0.3) is 0 Å². The van der Waals surface area contributed by atoms with Crippen LogP contribution in [0.15, 0.2) is 24.3 Å². The fourth-order valence-corrected chi connectivity index (χ4v) is 4.26. The lowest BCUT2D eigenvalue weighted by molar-refractivity contribution is 0.0809. The van der Waals surface area contributed by atoms with Gasteiger partial charge in [-0.05, 0) is 30.7 Å². The molecule has 0 bridgehead atoms. The van der Waals surface area contributed by atoms with E-state index in [1.807, 2.05) is 0 Å². The largest absolute Gasteiger partial charge is 0.376 e. The molecule has 3 rings (SSSR count). The van der Waals surface area contributed by atoms with E-state index in [0.717, 1.165) is 19.1 Å². The molecule has 110 valence electrons. The number of nitrogens with one attached hydrogen (secondary N) is 1. The predicted molar refractivity (Wildman–Crippen MR) is 87.1 cm³/mol. The van der Waals surface area contributed by atoms with Gasteiger partial charge in [0.15, 0.2) is 0 Å². The van der Waals surface area contributed by atoms with Crippen LogP contribution in [0.4, 0.5) is 0 Å². The lowest BCUT2D eigenvalue weighted by atomic mass is 10.1. The maximum atomic E-state index is 5.88. The minimum atomic E-state index is -1.16. The van der Waals surface area contributed by atoms with E-state index in [9.17, 15) is 0 Å². The van der Waals surface area contributed by atoms with Crippen LogP contribution in [0.5, 0.6) is 0 Å². The summed E-state index contributed by atoms with van der Waals surface area (Å²) >= 11 is 0. The maximum Gasteiger partial charge on any atom is 0.0775 e. The third-order valence-corrected chi connectivity index (χ3v) is 6.68. The molecule has 0 radical (unpaired) electrons. The van der Waals surface area contributed by atoms with Gasteiger partial charge < -0.3 is 10.1 Å². The Hall–Kier alpha value is -0.643. The Morgan fingerprint density at radius 1 is 1.10 bits per heavy atom. The number of hydrogen-bond acceptors (Lipinski definition) is 2. The zero-order valence-corrected chi connectivity index (χ0v) is 14.0. The van der Waals surface area contributed by atoms with Gasteiger partial charge in [-0.3, -0.25) is 0 Å². The molecule has 2 aliphatic rings. The van der Waals surface area contributed by atoms with Crippen LogP contribution in [0.2, 0.25) is 19.6 Å². The van der Waals surface area contributed by atoms with E-state index in [1.54, 1.807) is 5.19 Å². The van der Waals surface area contributed by atoms with E-state index < -0.39 is 8.07 Å². The summed E-state index contributed by atoms with van der Waals surface area (Å²) in [6.07, 6.45) is 4.40. The van der Waals surface area contributed by atoms with Crippen LogP contribution in [-0.2, 0) is 11.3 Å². The Morgan fingerprint density at radius 2 is 1.80 bits per heavy atom. The van der Waals surface area contributed by atoms with Gasteiger partial charge in [0.05, 0.1) is 14.2 Å². The first-order valence-electron chi connectivity index (χ1n) is 7.98. The minimum absolute atomic E-state index is 0.483. The lowest BCUT2D eigenvalue weighted by Gasteiger charge is -2.20. The first-order chi connectivity index (χ1) is 9.54. The average Bonchev–Trinajstić information content (AvgIpc) is 3.15. The summed E-state index contributed by atoms with van der Waals surface area (Å²) in [5, 5.41) is 5.26. The smallest absolute Gasteiger partial charge is 0.0775 e. The van der Waals surface area contributed by atoms with E-state index >= 15 is 0 Å². The van der Waals surface area contributed by atoms with E-state index in [4.69, 9.17) is 4.74 Å². The Labute approximate surface area is 123 Å². The first-order valence-corrected chi connectivity index (χ1v) is 11.5. The molecule has 2 fully saturated rings. The molecule has 1 saturated heterocycles. The Kier molecular flexibility index (Phi) is 4.02. The SMILES string of the molecule is C[Si](C)(C)c1ccc(CNC2CCOC2C2CC2)cc1. The van der Waals surface area contributed by atoms with Crippen LogP contribution in [0.3, 0.4) is 0 Å². The molecule has 1 aliphatic heterocycles. The van der Waals surface area contributed by atoms with Crippen molar-refractivity contribution in [1.82, 2.24) is 5.32 Å².